The van der Waals surface area contributed by atoms with E-state index in [4.69, 9.17) is 11.6 Å². The number of fused-ring (bicyclic) bond motifs is 1. The number of non-ortho nitro benzene ring substituents is 1. The molecule has 3 nitrogen and oxygen atoms in total. The Morgan fingerprint density at radius 1 is 1.00 bits per heavy atom. The van der Waals surface area contributed by atoms with E-state index in [0.717, 1.165) is 23.4 Å². The van der Waals surface area contributed by atoms with Gasteiger partial charge in [0.15, 0.2) is 0 Å². The van der Waals surface area contributed by atoms with Crippen LogP contribution in [0.1, 0.15) is 34.6 Å². The first kappa shape index (κ1) is 17.5. The molecule has 0 amide bonds. The van der Waals surface area contributed by atoms with Gasteiger partial charge in [0.2, 0.25) is 0 Å². The first-order valence-corrected chi connectivity index (χ1v) is 9.28. The number of benzene rings is 3. The fourth-order valence-electron chi connectivity index (χ4n) is 3.74. The van der Waals surface area contributed by atoms with Crippen LogP contribution < -0.4 is 0 Å². The van der Waals surface area contributed by atoms with Crippen molar-refractivity contribution in [2.75, 3.05) is 0 Å². The Labute approximate surface area is 163 Å². The van der Waals surface area contributed by atoms with Crippen LogP contribution in [0.15, 0.2) is 78.9 Å². The Kier molecular flexibility index (Phi) is 4.78. The molecule has 1 aliphatic carbocycles. The van der Waals surface area contributed by atoms with Gasteiger partial charge in [-0.25, -0.2) is 0 Å². The second-order valence-corrected chi connectivity index (χ2v) is 7.21. The third kappa shape index (κ3) is 3.64. The van der Waals surface area contributed by atoms with E-state index in [-0.39, 0.29) is 10.6 Å². The molecule has 3 aromatic carbocycles. The van der Waals surface area contributed by atoms with Crippen LogP contribution in [0.4, 0.5) is 5.69 Å². The lowest BCUT2D eigenvalue weighted by atomic mass is 9.78. The molecule has 0 aliphatic heterocycles. The Morgan fingerprint density at radius 3 is 2.44 bits per heavy atom. The average molecular weight is 376 g/mol. The summed E-state index contributed by atoms with van der Waals surface area (Å²) in [5, 5.41) is 11.6. The maximum absolute atomic E-state index is 10.9. The van der Waals surface area contributed by atoms with Gasteiger partial charge in [-0.1, -0.05) is 66.2 Å². The first-order valence-electron chi connectivity index (χ1n) is 8.90. The van der Waals surface area contributed by atoms with E-state index in [1.165, 1.54) is 22.3 Å². The van der Waals surface area contributed by atoms with Crippen LogP contribution in [-0.2, 0) is 6.42 Å². The van der Waals surface area contributed by atoms with Crippen molar-refractivity contribution in [3.05, 3.63) is 116 Å². The average Bonchev–Trinajstić information content (AvgIpc) is 2.69. The van der Waals surface area contributed by atoms with Crippen molar-refractivity contribution in [3.63, 3.8) is 0 Å². The van der Waals surface area contributed by atoms with Crippen LogP contribution in [-0.4, -0.2) is 4.92 Å². The monoisotopic (exact) mass is 375 g/mol. The third-order valence-electron chi connectivity index (χ3n) is 5.06. The summed E-state index contributed by atoms with van der Waals surface area (Å²) in [6.07, 6.45) is 4.03. The smallest absolute Gasteiger partial charge is 0.258 e. The fraction of sp³-hybridized carbons (Fsp3) is 0.130. The van der Waals surface area contributed by atoms with Gasteiger partial charge in [0, 0.05) is 17.2 Å². The predicted molar refractivity (Wildman–Crippen MR) is 109 cm³/mol. The number of nitro groups is 1. The number of halogens is 1. The quantitative estimate of drug-likeness (QED) is 0.390. The highest BCUT2D eigenvalue weighted by Crippen LogP contribution is 2.40. The number of allylic oxidation sites excluding steroid dienone is 1. The SMILES string of the molecule is O=[N+]([O-])c1ccc(CC2CC=C(c3ccccc3)c3ccc(Cl)cc32)cc1. The number of hydrogen-bond donors (Lipinski definition) is 0. The fourth-order valence-corrected chi connectivity index (χ4v) is 3.92. The molecule has 0 N–H and O–H groups in total. The molecule has 1 atom stereocenters. The largest absolute Gasteiger partial charge is 0.269 e. The number of rotatable bonds is 4. The van der Waals surface area contributed by atoms with Gasteiger partial charge >= 0.3 is 0 Å². The minimum Gasteiger partial charge on any atom is -0.258 e. The van der Waals surface area contributed by atoms with Crippen LogP contribution in [0.5, 0.6) is 0 Å². The molecular weight excluding hydrogens is 358 g/mol. The molecule has 0 saturated carbocycles. The summed E-state index contributed by atoms with van der Waals surface area (Å²) in [6, 6.07) is 23.3. The summed E-state index contributed by atoms with van der Waals surface area (Å²) in [5.74, 6) is 0.299. The van der Waals surface area contributed by atoms with Crippen LogP contribution in [0, 0.1) is 10.1 Å². The van der Waals surface area contributed by atoms with E-state index >= 15 is 0 Å². The molecule has 4 rings (SSSR count). The molecule has 0 fully saturated rings. The molecule has 1 unspecified atom stereocenters. The van der Waals surface area contributed by atoms with Crippen molar-refractivity contribution in [3.8, 4) is 0 Å². The van der Waals surface area contributed by atoms with Gasteiger partial charge in [-0.3, -0.25) is 10.1 Å². The van der Waals surface area contributed by atoms with Crippen molar-refractivity contribution < 1.29 is 4.92 Å². The van der Waals surface area contributed by atoms with Gasteiger partial charge in [0.05, 0.1) is 4.92 Å². The molecule has 134 valence electrons. The Bertz CT molecular complexity index is 1010. The van der Waals surface area contributed by atoms with E-state index in [0.29, 0.717) is 5.92 Å². The number of hydrogen-bond acceptors (Lipinski definition) is 2. The molecule has 0 saturated heterocycles. The zero-order valence-electron chi connectivity index (χ0n) is 14.6. The molecule has 3 aromatic rings. The summed E-state index contributed by atoms with van der Waals surface area (Å²) in [7, 11) is 0. The minimum absolute atomic E-state index is 0.122. The molecule has 0 heterocycles. The van der Waals surface area contributed by atoms with E-state index < -0.39 is 0 Å². The van der Waals surface area contributed by atoms with Gasteiger partial charge in [-0.2, -0.15) is 0 Å². The van der Waals surface area contributed by atoms with E-state index in [9.17, 15) is 10.1 Å². The summed E-state index contributed by atoms with van der Waals surface area (Å²) < 4.78 is 0. The van der Waals surface area contributed by atoms with Crippen LogP contribution in [0.2, 0.25) is 5.02 Å². The zero-order valence-corrected chi connectivity index (χ0v) is 15.4. The third-order valence-corrected chi connectivity index (χ3v) is 5.30. The molecule has 27 heavy (non-hydrogen) atoms. The number of nitro benzene ring substituents is 1. The van der Waals surface area contributed by atoms with Gasteiger partial charge < -0.3 is 0 Å². The Hall–Kier alpha value is -2.91. The highest BCUT2D eigenvalue weighted by molar-refractivity contribution is 6.30. The van der Waals surface area contributed by atoms with E-state index in [2.05, 4.69) is 42.5 Å². The Morgan fingerprint density at radius 2 is 1.74 bits per heavy atom. The molecule has 0 spiro atoms. The van der Waals surface area contributed by atoms with Crippen LogP contribution in [0.25, 0.3) is 5.57 Å². The Balaban J connectivity index is 1.67. The highest BCUT2D eigenvalue weighted by Gasteiger charge is 2.23. The molecule has 4 heteroatoms. The van der Waals surface area contributed by atoms with Crippen molar-refractivity contribution in [1.82, 2.24) is 0 Å². The second kappa shape index (κ2) is 7.37. The van der Waals surface area contributed by atoms with Gasteiger partial charge in [-0.15, -0.1) is 0 Å². The molecule has 1 aliphatic rings. The maximum Gasteiger partial charge on any atom is 0.269 e. The van der Waals surface area contributed by atoms with Crippen molar-refractivity contribution in [2.24, 2.45) is 0 Å². The van der Waals surface area contributed by atoms with Gasteiger partial charge in [0.1, 0.15) is 0 Å². The van der Waals surface area contributed by atoms with Crippen molar-refractivity contribution in [1.29, 1.82) is 0 Å². The topological polar surface area (TPSA) is 43.1 Å². The predicted octanol–water partition coefficient (Wildman–Crippen LogP) is 6.41. The summed E-state index contributed by atoms with van der Waals surface area (Å²) in [5.41, 5.74) is 6.10. The zero-order chi connectivity index (χ0) is 18.8. The molecule has 0 bridgehead atoms. The highest BCUT2D eigenvalue weighted by atomic mass is 35.5. The van der Waals surface area contributed by atoms with E-state index in [1.807, 2.05) is 24.3 Å². The second-order valence-electron chi connectivity index (χ2n) is 6.78. The van der Waals surface area contributed by atoms with Crippen LogP contribution in [0.3, 0.4) is 0 Å². The molecule has 0 radical (unpaired) electrons. The summed E-state index contributed by atoms with van der Waals surface area (Å²) in [6.45, 7) is 0. The van der Waals surface area contributed by atoms with Crippen LogP contribution >= 0.6 is 11.6 Å². The first-order chi connectivity index (χ1) is 13.1. The normalized spacial score (nSPS) is 15.7. The van der Waals surface area contributed by atoms with E-state index in [1.54, 1.807) is 12.1 Å². The van der Waals surface area contributed by atoms with Gasteiger partial charge in [0.25, 0.3) is 5.69 Å². The molecular formula is C23H18ClNO2. The number of nitrogens with zero attached hydrogens (tertiary/aromatic N) is 1. The minimum atomic E-state index is -0.367. The van der Waals surface area contributed by atoms with Crippen molar-refractivity contribution >= 4 is 22.9 Å². The lowest BCUT2D eigenvalue weighted by molar-refractivity contribution is -0.384. The molecule has 0 aromatic heterocycles. The summed E-state index contributed by atoms with van der Waals surface area (Å²) >= 11 is 6.30. The lowest BCUT2D eigenvalue weighted by Crippen LogP contribution is -2.10. The summed E-state index contributed by atoms with van der Waals surface area (Å²) in [4.78, 5) is 10.5. The standard InChI is InChI=1S/C23H18ClNO2/c24-19-9-13-22-21(17-4-2-1-3-5-17)12-8-18(23(22)15-19)14-16-6-10-20(11-7-16)25(26)27/h1-7,9-13,15,18H,8,14H2. The maximum atomic E-state index is 10.9. The lowest BCUT2D eigenvalue weighted by Gasteiger charge is -2.26. The van der Waals surface area contributed by atoms with Crippen molar-refractivity contribution in [2.45, 2.75) is 18.8 Å². The van der Waals surface area contributed by atoms with Gasteiger partial charge in [-0.05, 0) is 58.7 Å².